The molecule has 2 rings (SSSR count). The second kappa shape index (κ2) is 9.17. The molecule has 0 aliphatic rings. The maximum atomic E-state index is 12.2. The molecule has 1 amide bonds. The summed E-state index contributed by atoms with van der Waals surface area (Å²) in [4.78, 5) is 23.7. The number of anilines is 1. The number of nitrogens with one attached hydrogen (secondary N) is 2. The smallest absolute Gasteiger partial charge is 0.292 e. The highest BCUT2D eigenvalue weighted by Gasteiger charge is 2.18. The third-order valence-electron chi connectivity index (χ3n) is 3.63. The number of hydrogen-bond acceptors (Lipinski definition) is 4. The molecule has 7 nitrogen and oxygen atoms in total. The summed E-state index contributed by atoms with van der Waals surface area (Å²) in [5.74, 6) is 0.485. The molecule has 0 radical (unpaired) electrons. The molecule has 1 atom stereocenters. The third kappa shape index (κ3) is 5.72. The van der Waals surface area contributed by atoms with Crippen molar-refractivity contribution in [1.82, 2.24) is 0 Å². The van der Waals surface area contributed by atoms with Gasteiger partial charge in [0.2, 0.25) is 0 Å². The van der Waals surface area contributed by atoms with Gasteiger partial charge in [-0.05, 0) is 43.3 Å². The number of nitro benzene ring substituents is 1. The highest BCUT2D eigenvalue weighted by Crippen LogP contribution is 2.27. The van der Waals surface area contributed by atoms with Crippen LogP contribution < -0.4 is 15.0 Å². The molecular formula is C18H21ClN3O4+. The van der Waals surface area contributed by atoms with Gasteiger partial charge >= 0.3 is 0 Å². The van der Waals surface area contributed by atoms with Crippen LogP contribution >= 0.6 is 11.6 Å². The number of benzene rings is 2. The van der Waals surface area contributed by atoms with Gasteiger partial charge in [0.1, 0.15) is 18.0 Å². The first-order chi connectivity index (χ1) is 12.4. The van der Waals surface area contributed by atoms with Crippen LogP contribution in [0.4, 0.5) is 11.4 Å². The van der Waals surface area contributed by atoms with Gasteiger partial charge in [-0.25, -0.2) is 0 Å². The topological polar surface area (TPSA) is 85.9 Å². The zero-order chi connectivity index (χ0) is 19.1. The largest absolute Gasteiger partial charge is 0.494 e. The number of nitro groups is 1. The van der Waals surface area contributed by atoms with Crippen molar-refractivity contribution in [1.29, 1.82) is 0 Å². The Labute approximate surface area is 156 Å². The van der Waals surface area contributed by atoms with E-state index in [9.17, 15) is 14.9 Å². The first-order valence-corrected chi connectivity index (χ1v) is 8.53. The molecule has 0 spiro atoms. The van der Waals surface area contributed by atoms with Gasteiger partial charge in [0.15, 0.2) is 6.54 Å². The van der Waals surface area contributed by atoms with Crippen LogP contribution in [0.2, 0.25) is 5.02 Å². The average Bonchev–Trinajstić information content (AvgIpc) is 2.56. The summed E-state index contributed by atoms with van der Waals surface area (Å²) in [6, 6.07) is 11.7. The summed E-state index contributed by atoms with van der Waals surface area (Å²) in [5, 5.41) is 13.9. The highest BCUT2D eigenvalue weighted by molar-refractivity contribution is 6.31. The Morgan fingerprint density at radius 2 is 1.96 bits per heavy atom. The van der Waals surface area contributed by atoms with E-state index in [2.05, 4.69) is 5.32 Å². The Balaban J connectivity index is 1.95. The molecule has 26 heavy (non-hydrogen) atoms. The van der Waals surface area contributed by atoms with E-state index in [4.69, 9.17) is 16.3 Å². The maximum Gasteiger partial charge on any atom is 0.292 e. The van der Waals surface area contributed by atoms with Crippen molar-refractivity contribution in [2.24, 2.45) is 0 Å². The summed E-state index contributed by atoms with van der Waals surface area (Å²) in [5.41, 5.74) is 0.973. The van der Waals surface area contributed by atoms with Gasteiger partial charge < -0.3 is 15.0 Å². The number of hydrogen-bond donors (Lipinski definition) is 2. The molecule has 0 fully saturated rings. The lowest BCUT2D eigenvalue weighted by Gasteiger charge is -2.14. The van der Waals surface area contributed by atoms with E-state index in [1.54, 1.807) is 0 Å². The summed E-state index contributed by atoms with van der Waals surface area (Å²) in [6.07, 6.45) is 0. The molecule has 0 aliphatic carbocycles. The monoisotopic (exact) mass is 378 g/mol. The Hall–Kier alpha value is -2.64. The maximum absolute atomic E-state index is 12.2. The Morgan fingerprint density at radius 3 is 2.58 bits per heavy atom. The van der Waals surface area contributed by atoms with Crippen LogP contribution in [0.3, 0.4) is 0 Å². The number of carbonyl (C=O) groups is 1. The number of nitrogens with zero attached hydrogens (tertiary/aromatic N) is 1. The minimum Gasteiger partial charge on any atom is -0.494 e. The lowest BCUT2D eigenvalue weighted by Crippen LogP contribution is -3.08. The normalized spacial score (nSPS) is 11.7. The molecule has 2 aromatic rings. The molecule has 0 aromatic heterocycles. The zero-order valence-electron chi connectivity index (χ0n) is 14.6. The quantitative estimate of drug-likeness (QED) is 0.545. The van der Waals surface area contributed by atoms with Gasteiger partial charge in [-0.3, -0.25) is 14.9 Å². The number of halogens is 1. The second-order valence-electron chi connectivity index (χ2n) is 5.85. The molecule has 138 valence electrons. The van der Waals surface area contributed by atoms with Crippen LogP contribution in [-0.4, -0.2) is 31.0 Å². The summed E-state index contributed by atoms with van der Waals surface area (Å²) >= 11 is 5.86. The number of quaternary nitrogens is 1. The highest BCUT2D eigenvalue weighted by atomic mass is 35.5. The van der Waals surface area contributed by atoms with Gasteiger partial charge in [-0.2, -0.15) is 0 Å². The van der Waals surface area contributed by atoms with Crippen LogP contribution in [0.15, 0.2) is 42.5 Å². The van der Waals surface area contributed by atoms with Crippen molar-refractivity contribution in [3.05, 3.63) is 63.2 Å². The first-order valence-electron chi connectivity index (χ1n) is 8.16. The van der Waals surface area contributed by atoms with Gasteiger partial charge in [-0.1, -0.05) is 11.6 Å². The van der Waals surface area contributed by atoms with E-state index in [1.165, 1.54) is 18.2 Å². The van der Waals surface area contributed by atoms with Gasteiger partial charge in [0.05, 0.1) is 18.6 Å². The number of amides is 1. The fourth-order valence-electron chi connectivity index (χ4n) is 2.52. The number of ether oxygens (including phenoxy) is 1. The van der Waals surface area contributed by atoms with Crippen LogP contribution in [0, 0.1) is 10.1 Å². The Bertz CT molecular complexity index is 781. The van der Waals surface area contributed by atoms with Crippen LogP contribution in [0.25, 0.3) is 0 Å². The number of likely N-dealkylation sites (N-methyl/N-ethyl adjacent to an activating group) is 1. The zero-order valence-corrected chi connectivity index (χ0v) is 15.4. The number of rotatable bonds is 8. The lowest BCUT2D eigenvalue weighted by atomic mass is 10.2. The molecular weight excluding hydrogens is 358 g/mol. The standard InChI is InChI=1S/C18H20ClN3O4/c1-3-26-15-7-4-13(5-8-15)11-21(2)12-18(23)20-16-10-14(19)6-9-17(16)22(24)25/h4-10H,3,11-12H2,1-2H3,(H,20,23)/p+1. The predicted molar refractivity (Wildman–Crippen MR) is 99.8 cm³/mol. The SMILES string of the molecule is CCOc1ccc(C[NH+](C)CC(=O)Nc2cc(Cl)ccc2[N+](=O)[O-])cc1. The van der Waals surface area contributed by atoms with Gasteiger partial charge in [-0.15, -0.1) is 0 Å². The molecule has 1 unspecified atom stereocenters. The molecule has 0 aliphatic heterocycles. The molecule has 2 N–H and O–H groups in total. The predicted octanol–water partition coefficient (Wildman–Crippen LogP) is 2.30. The fourth-order valence-corrected chi connectivity index (χ4v) is 2.69. The third-order valence-corrected chi connectivity index (χ3v) is 3.87. The molecule has 2 aromatic carbocycles. The van der Waals surface area contributed by atoms with Crippen LogP contribution in [-0.2, 0) is 11.3 Å². The molecule has 0 heterocycles. The van der Waals surface area contributed by atoms with Gasteiger partial charge in [0, 0.05) is 16.7 Å². The molecule has 0 saturated heterocycles. The van der Waals surface area contributed by atoms with E-state index in [1.807, 2.05) is 38.2 Å². The van der Waals surface area contributed by atoms with E-state index in [0.29, 0.717) is 18.2 Å². The van der Waals surface area contributed by atoms with E-state index < -0.39 is 4.92 Å². The van der Waals surface area contributed by atoms with Crippen molar-refractivity contribution < 1.29 is 19.4 Å². The van der Waals surface area contributed by atoms with Crippen molar-refractivity contribution in [2.45, 2.75) is 13.5 Å². The van der Waals surface area contributed by atoms with Crippen molar-refractivity contribution >= 4 is 28.9 Å². The average molecular weight is 379 g/mol. The van der Waals surface area contributed by atoms with Crippen molar-refractivity contribution in [2.75, 3.05) is 25.5 Å². The van der Waals surface area contributed by atoms with Gasteiger partial charge in [0.25, 0.3) is 11.6 Å². The first kappa shape index (κ1) is 19.7. The second-order valence-corrected chi connectivity index (χ2v) is 6.29. The van der Waals surface area contributed by atoms with E-state index in [-0.39, 0.29) is 23.8 Å². The van der Waals surface area contributed by atoms with Crippen LogP contribution in [0.1, 0.15) is 12.5 Å². The number of carbonyl (C=O) groups excluding carboxylic acids is 1. The lowest BCUT2D eigenvalue weighted by molar-refractivity contribution is -0.885. The van der Waals surface area contributed by atoms with Crippen molar-refractivity contribution in [3.8, 4) is 5.75 Å². The van der Waals surface area contributed by atoms with E-state index in [0.717, 1.165) is 16.2 Å². The minimum atomic E-state index is -0.553. The summed E-state index contributed by atoms with van der Waals surface area (Å²) < 4.78 is 5.40. The van der Waals surface area contributed by atoms with Crippen LogP contribution in [0.5, 0.6) is 5.75 Å². The van der Waals surface area contributed by atoms with Crippen molar-refractivity contribution in [3.63, 3.8) is 0 Å². The molecule has 0 saturated carbocycles. The summed E-state index contributed by atoms with van der Waals surface area (Å²) in [6.45, 7) is 3.34. The fraction of sp³-hybridized carbons (Fsp3) is 0.278. The Morgan fingerprint density at radius 1 is 1.27 bits per heavy atom. The Kier molecular flexibility index (Phi) is 6.94. The molecule has 8 heteroatoms. The summed E-state index contributed by atoms with van der Waals surface area (Å²) in [7, 11) is 1.88. The minimum absolute atomic E-state index is 0.0985. The molecule has 0 bridgehead atoms. The van der Waals surface area contributed by atoms with E-state index >= 15 is 0 Å².